The summed E-state index contributed by atoms with van der Waals surface area (Å²) in [5.74, 6) is 0.984. The van der Waals surface area contributed by atoms with Gasteiger partial charge in [-0.25, -0.2) is 5.32 Å². The molecule has 1 heterocycles. The molecule has 2 nitrogen and oxygen atoms in total. The Labute approximate surface area is 42.9 Å². The summed E-state index contributed by atoms with van der Waals surface area (Å²) >= 11 is 0. The van der Waals surface area contributed by atoms with Gasteiger partial charge in [0.2, 0.25) is 0 Å². The van der Waals surface area contributed by atoms with Crippen LogP contribution in [0.25, 0.3) is 0 Å². The minimum atomic E-state index is 0.984. The van der Waals surface area contributed by atoms with E-state index < -0.39 is 0 Å². The summed E-state index contributed by atoms with van der Waals surface area (Å²) in [5.41, 5.74) is 1.05. The Balaban J connectivity index is 2.69. The first-order valence-corrected chi connectivity index (χ1v) is 2.27. The number of hydrogen-bond donors (Lipinski definition) is 1. The molecule has 7 heavy (non-hydrogen) atoms. The molecule has 0 amide bonds. The van der Waals surface area contributed by atoms with Gasteiger partial charge >= 0.3 is 0 Å². The van der Waals surface area contributed by atoms with Crippen LogP contribution < -0.4 is 10.3 Å². The van der Waals surface area contributed by atoms with Crippen LogP contribution in [0.15, 0.2) is 11.9 Å². The predicted molar refractivity (Wildman–Crippen MR) is 29.7 cm³/mol. The number of aliphatic imine (C=N–C) groups is 1. The normalized spacial score (nSPS) is 18.0. The average Bonchev–Trinajstić information content (AvgIpc) is 1.87. The van der Waals surface area contributed by atoms with Gasteiger partial charge in [0, 0.05) is 13.8 Å². The van der Waals surface area contributed by atoms with Crippen molar-refractivity contribution in [2.45, 2.75) is 13.8 Å². The maximum Gasteiger partial charge on any atom is 0.293 e. The fourth-order valence-corrected chi connectivity index (χ4v) is 0.538. The first kappa shape index (κ1) is 4.37. The molecule has 0 aromatic carbocycles. The Kier molecular flexibility index (Phi) is 0.855. The lowest BCUT2D eigenvalue weighted by molar-refractivity contribution is 1.21. The summed E-state index contributed by atoms with van der Waals surface area (Å²) in [4.78, 5) is 4.06. The van der Waals surface area contributed by atoms with E-state index in [-0.39, 0.29) is 0 Å². The molecule has 1 aliphatic heterocycles. The third-order valence-electron chi connectivity index (χ3n) is 0.834. The van der Waals surface area contributed by atoms with Crippen molar-refractivity contribution < 1.29 is 0 Å². The minimum absolute atomic E-state index is 0.984. The average molecular weight is 96.1 g/mol. The maximum absolute atomic E-state index is 4.06. The van der Waals surface area contributed by atoms with E-state index >= 15 is 0 Å². The van der Waals surface area contributed by atoms with E-state index in [1.54, 1.807) is 0 Å². The molecule has 0 spiro atoms. The van der Waals surface area contributed by atoms with Crippen molar-refractivity contribution in [2.75, 3.05) is 0 Å². The Morgan fingerprint density at radius 2 is 2.29 bits per heavy atom. The van der Waals surface area contributed by atoms with Crippen LogP contribution in [0.3, 0.4) is 0 Å². The Morgan fingerprint density at radius 3 is 2.43 bits per heavy atom. The van der Waals surface area contributed by atoms with Gasteiger partial charge in [-0.05, 0) is 4.99 Å². The lowest BCUT2D eigenvalue weighted by Crippen LogP contribution is -2.10. The van der Waals surface area contributed by atoms with Gasteiger partial charge in [-0.1, -0.05) is 0 Å². The third-order valence-corrected chi connectivity index (χ3v) is 0.834. The zero-order chi connectivity index (χ0) is 5.28. The highest BCUT2D eigenvalue weighted by atomic mass is 15.0. The van der Waals surface area contributed by atoms with Crippen LogP contribution in [0.5, 0.6) is 0 Å². The summed E-state index contributed by atoms with van der Waals surface area (Å²) < 4.78 is 0. The van der Waals surface area contributed by atoms with Crippen molar-refractivity contribution in [2.24, 2.45) is 0 Å². The summed E-state index contributed by atoms with van der Waals surface area (Å²) in [5, 5.41) is 2.96. The van der Waals surface area contributed by atoms with Crippen LogP contribution >= 0.6 is 0 Å². The molecule has 1 N–H and O–H groups in total. The molecule has 37 valence electrons. The second-order valence-corrected chi connectivity index (χ2v) is 1.63. The zero-order valence-corrected chi connectivity index (χ0v) is 4.52. The fourth-order valence-electron chi connectivity index (χ4n) is 0.538. The van der Waals surface area contributed by atoms with Crippen LogP contribution in [0.2, 0.25) is 0 Å². The quantitative estimate of drug-likeness (QED) is 0.458. The van der Waals surface area contributed by atoms with E-state index in [0.29, 0.717) is 0 Å². The van der Waals surface area contributed by atoms with E-state index in [0.717, 1.165) is 11.5 Å². The summed E-state index contributed by atoms with van der Waals surface area (Å²) in [6.45, 7) is 3.90. The minimum Gasteiger partial charge on any atom is -0.244 e. The molecule has 1 aliphatic rings. The zero-order valence-electron chi connectivity index (χ0n) is 4.52. The molecule has 0 bridgehead atoms. The molecule has 2 heteroatoms. The second-order valence-electron chi connectivity index (χ2n) is 1.63. The molecule has 0 unspecified atom stereocenters. The van der Waals surface area contributed by atoms with Crippen molar-refractivity contribution in [1.82, 2.24) is 10.3 Å². The van der Waals surface area contributed by atoms with E-state index in [9.17, 15) is 0 Å². The van der Waals surface area contributed by atoms with E-state index in [1.807, 2.05) is 20.0 Å². The molecule has 1 radical (unpaired) electrons. The molecule has 0 aliphatic carbocycles. The highest BCUT2D eigenvalue weighted by molar-refractivity contribution is 5.81. The standard InChI is InChI=1S/C5H8N2/c1-4-3-6-5(2)7-4/h3,6H,1-2H3/q+1. The van der Waals surface area contributed by atoms with Gasteiger partial charge in [-0.15, -0.1) is 0 Å². The molecular formula is C5H8N2+. The van der Waals surface area contributed by atoms with E-state index in [2.05, 4.69) is 10.3 Å². The Hall–Kier alpha value is -0.790. The van der Waals surface area contributed by atoms with Crippen molar-refractivity contribution >= 4 is 5.84 Å². The molecule has 0 aromatic rings. The molecule has 0 aromatic heterocycles. The molecule has 0 atom stereocenters. The summed E-state index contributed by atoms with van der Waals surface area (Å²) in [6.07, 6.45) is 1.88. The maximum atomic E-state index is 4.06. The molecule has 0 saturated carbocycles. The van der Waals surface area contributed by atoms with E-state index in [4.69, 9.17) is 0 Å². The van der Waals surface area contributed by atoms with Crippen LogP contribution in [0.4, 0.5) is 0 Å². The Morgan fingerprint density at radius 1 is 1.57 bits per heavy atom. The third kappa shape index (κ3) is 0.796. The van der Waals surface area contributed by atoms with Crippen molar-refractivity contribution in [3.8, 4) is 0 Å². The molecule has 0 saturated heterocycles. The predicted octanol–water partition coefficient (Wildman–Crippen LogP) is 0.205. The highest BCUT2D eigenvalue weighted by Crippen LogP contribution is 1.86. The smallest absolute Gasteiger partial charge is 0.244 e. The van der Waals surface area contributed by atoms with Gasteiger partial charge < -0.3 is 0 Å². The Bertz CT molecular complexity index is 133. The lowest BCUT2D eigenvalue weighted by atomic mass is 10.6. The van der Waals surface area contributed by atoms with Crippen molar-refractivity contribution in [3.05, 3.63) is 11.9 Å². The van der Waals surface area contributed by atoms with E-state index in [1.165, 1.54) is 0 Å². The van der Waals surface area contributed by atoms with Crippen molar-refractivity contribution in [3.63, 3.8) is 0 Å². The number of rotatable bonds is 0. The SMILES string of the molecule is CC1=CNC(C)=[N+]1. The number of nitrogens with one attached hydrogen (secondary N) is 1. The van der Waals surface area contributed by atoms with Crippen LogP contribution in [-0.2, 0) is 0 Å². The first-order chi connectivity index (χ1) is 3.29. The van der Waals surface area contributed by atoms with Gasteiger partial charge in [-0.2, -0.15) is 0 Å². The van der Waals surface area contributed by atoms with Crippen LogP contribution in [-0.4, -0.2) is 5.84 Å². The lowest BCUT2D eigenvalue weighted by Gasteiger charge is -1.69. The van der Waals surface area contributed by atoms with Crippen molar-refractivity contribution in [1.29, 1.82) is 0 Å². The van der Waals surface area contributed by atoms with Crippen LogP contribution in [0, 0.1) is 0 Å². The monoisotopic (exact) mass is 96.1 g/mol. The molecular weight excluding hydrogens is 88.1 g/mol. The second kappa shape index (κ2) is 1.37. The first-order valence-electron chi connectivity index (χ1n) is 2.27. The molecule has 0 fully saturated rings. The van der Waals surface area contributed by atoms with Gasteiger partial charge in [0.25, 0.3) is 5.84 Å². The largest absolute Gasteiger partial charge is 0.293 e. The van der Waals surface area contributed by atoms with Crippen LogP contribution in [0.1, 0.15) is 13.8 Å². The number of allylic oxidation sites excluding steroid dienone is 1. The number of hydrogen-bond acceptors (Lipinski definition) is 2. The summed E-state index contributed by atoms with van der Waals surface area (Å²) in [7, 11) is 0. The number of nitrogens with zero attached hydrogens (tertiary/aromatic N) is 1. The van der Waals surface area contributed by atoms with Gasteiger partial charge in [0.1, 0.15) is 6.20 Å². The highest BCUT2D eigenvalue weighted by Gasteiger charge is 2.07. The van der Waals surface area contributed by atoms with Gasteiger partial charge in [-0.3, -0.25) is 0 Å². The summed E-state index contributed by atoms with van der Waals surface area (Å²) in [6, 6.07) is 0. The fraction of sp³-hybridized carbons (Fsp3) is 0.400. The topological polar surface area (TPSA) is 26.1 Å². The number of amidine groups is 1. The van der Waals surface area contributed by atoms with Gasteiger partial charge in [0.05, 0.1) is 0 Å². The molecule has 1 rings (SSSR count). The van der Waals surface area contributed by atoms with Gasteiger partial charge in [0.15, 0.2) is 5.70 Å².